The molecule has 8 nitrogen and oxygen atoms in total. The topological polar surface area (TPSA) is 110 Å². The summed E-state index contributed by atoms with van der Waals surface area (Å²) in [6, 6.07) is -2.01. The molecule has 3 N–H and O–H groups in total. The molecule has 1 atom stereocenters. The fourth-order valence-corrected chi connectivity index (χ4v) is 1.36. The summed E-state index contributed by atoms with van der Waals surface area (Å²) in [6.45, 7) is -0.0299. The Balaban J connectivity index is 2.53. The van der Waals surface area contributed by atoms with Crippen LogP contribution in [0.4, 0.5) is 4.79 Å². The first-order valence-corrected chi connectivity index (χ1v) is 5.08. The van der Waals surface area contributed by atoms with Crippen molar-refractivity contribution in [2.24, 2.45) is 0 Å². The zero-order chi connectivity index (χ0) is 13.0. The number of piperazine rings is 1. The Bertz CT molecular complexity index is 333. The Morgan fingerprint density at radius 3 is 2.59 bits per heavy atom. The smallest absolute Gasteiger partial charge is 0.328 e. The third-order valence-electron chi connectivity index (χ3n) is 2.52. The van der Waals surface area contributed by atoms with Crippen LogP contribution in [0.25, 0.3) is 0 Å². The summed E-state index contributed by atoms with van der Waals surface area (Å²) in [5, 5.41) is 19.5. The number of amides is 3. The zero-order valence-corrected chi connectivity index (χ0v) is 9.42. The third kappa shape index (κ3) is 3.31. The van der Waals surface area contributed by atoms with Gasteiger partial charge in [0, 0.05) is 20.1 Å². The number of carboxylic acid groups (broad SMARTS) is 1. The van der Waals surface area contributed by atoms with Crippen molar-refractivity contribution in [2.75, 3.05) is 33.3 Å². The Kier molecular flexibility index (Phi) is 4.27. The number of likely N-dealkylation sites (N-methyl/N-ethyl adjacent to an activating group) is 1. The number of urea groups is 1. The van der Waals surface area contributed by atoms with Crippen LogP contribution in [0.5, 0.6) is 0 Å². The first kappa shape index (κ1) is 13.2. The van der Waals surface area contributed by atoms with Crippen LogP contribution in [-0.4, -0.2) is 77.3 Å². The average molecular weight is 245 g/mol. The molecule has 8 heteroatoms. The maximum absolute atomic E-state index is 11.6. The number of carbonyl (C=O) groups is 3. The summed E-state index contributed by atoms with van der Waals surface area (Å²) < 4.78 is 0. The van der Waals surface area contributed by atoms with Crippen molar-refractivity contribution in [1.29, 1.82) is 0 Å². The highest BCUT2D eigenvalue weighted by Gasteiger charge is 2.27. The maximum Gasteiger partial charge on any atom is 0.328 e. The molecule has 1 saturated heterocycles. The minimum absolute atomic E-state index is 0.0832. The van der Waals surface area contributed by atoms with Gasteiger partial charge in [0.05, 0.1) is 6.61 Å². The van der Waals surface area contributed by atoms with Crippen LogP contribution in [0.2, 0.25) is 0 Å². The van der Waals surface area contributed by atoms with Crippen LogP contribution in [0.3, 0.4) is 0 Å². The fourth-order valence-electron chi connectivity index (χ4n) is 1.36. The standard InChI is InChI=1S/C9H15N3O5/c1-11-2-3-12(4-7(11)14)9(17)10-6(5-13)8(15)16/h6,13H,2-5H2,1H3,(H,10,17)(H,15,16)/t6-/m1/s1. The van der Waals surface area contributed by atoms with E-state index in [4.69, 9.17) is 10.2 Å². The van der Waals surface area contributed by atoms with E-state index in [1.807, 2.05) is 0 Å². The molecule has 0 saturated carbocycles. The van der Waals surface area contributed by atoms with Crippen molar-refractivity contribution in [3.8, 4) is 0 Å². The number of rotatable bonds is 3. The predicted octanol–water partition coefficient (Wildman–Crippen LogP) is -2.08. The highest BCUT2D eigenvalue weighted by Crippen LogP contribution is 2.01. The van der Waals surface area contributed by atoms with E-state index in [9.17, 15) is 14.4 Å². The van der Waals surface area contributed by atoms with Gasteiger partial charge in [0.25, 0.3) is 0 Å². The van der Waals surface area contributed by atoms with E-state index in [1.54, 1.807) is 7.05 Å². The summed E-state index contributed by atoms with van der Waals surface area (Å²) in [4.78, 5) is 36.2. The lowest BCUT2D eigenvalue weighted by atomic mass is 10.3. The number of aliphatic hydroxyl groups excluding tert-OH is 1. The molecule has 3 amide bonds. The number of carbonyl (C=O) groups excluding carboxylic acids is 2. The van der Waals surface area contributed by atoms with Gasteiger partial charge in [-0.25, -0.2) is 9.59 Å². The van der Waals surface area contributed by atoms with E-state index in [0.717, 1.165) is 0 Å². The Morgan fingerprint density at radius 2 is 2.12 bits per heavy atom. The molecule has 0 unspecified atom stereocenters. The largest absolute Gasteiger partial charge is 0.480 e. The predicted molar refractivity (Wildman–Crippen MR) is 56.3 cm³/mol. The molecule has 0 aromatic carbocycles. The fraction of sp³-hybridized carbons (Fsp3) is 0.667. The third-order valence-corrected chi connectivity index (χ3v) is 2.52. The molecule has 0 aliphatic carbocycles. The van der Waals surface area contributed by atoms with Gasteiger partial charge in [-0.15, -0.1) is 0 Å². The minimum Gasteiger partial charge on any atom is -0.480 e. The molecule has 0 aromatic heterocycles. The summed E-state index contributed by atoms with van der Waals surface area (Å²) in [5.74, 6) is -1.52. The first-order valence-electron chi connectivity index (χ1n) is 5.08. The number of nitrogens with one attached hydrogen (secondary N) is 1. The van der Waals surface area contributed by atoms with E-state index in [1.165, 1.54) is 9.80 Å². The van der Waals surface area contributed by atoms with E-state index >= 15 is 0 Å². The van der Waals surface area contributed by atoms with Gasteiger partial charge in [0.15, 0.2) is 6.04 Å². The Labute approximate surface area is 97.8 Å². The van der Waals surface area contributed by atoms with Crippen LogP contribution in [0.1, 0.15) is 0 Å². The first-order chi connectivity index (χ1) is 7.95. The lowest BCUT2D eigenvalue weighted by molar-refractivity contribution is -0.140. The summed E-state index contributed by atoms with van der Waals surface area (Å²) in [7, 11) is 1.63. The van der Waals surface area contributed by atoms with Crippen molar-refractivity contribution in [3.63, 3.8) is 0 Å². The zero-order valence-electron chi connectivity index (χ0n) is 9.42. The van der Waals surface area contributed by atoms with Gasteiger partial charge in [0.2, 0.25) is 5.91 Å². The van der Waals surface area contributed by atoms with E-state index in [-0.39, 0.29) is 12.5 Å². The molecular weight excluding hydrogens is 230 g/mol. The van der Waals surface area contributed by atoms with Crippen LogP contribution in [0.15, 0.2) is 0 Å². The molecule has 1 rings (SSSR count). The van der Waals surface area contributed by atoms with Gasteiger partial charge in [-0.1, -0.05) is 0 Å². The van der Waals surface area contributed by atoms with E-state index < -0.39 is 24.6 Å². The highest BCUT2D eigenvalue weighted by molar-refractivity contribution is 5.87. The molecule has 1 aliphatic heterocycles. The molecule has 0 bridgehead atoms. The van der Waals surface area contributed by atoms with Gasteiger partial charge in [0.1, 0.15) is 6.54 Å². The summed E-state index contributed by atoms with van der Waals surface area (Å²) in [6.07, 6.45) is 0. The van der Waals surface area contributed by atoms with Crippen molar-refractivity contribution in [3.05, 3.63) is 0 Å². The molecule has 1 heterocycles. The molecule has 0 radical (unpaired) electrons. The number of aliphatic hydroxyl groups is 1. The van der Waals surface area contributed by atoms with Crippen LogP contribution < -0.4 is 5.32 Å². The molecule has 1 fully saturated rings. The number of carboxylic acids is 1. The summed E-state index contributed by atoms with van der Waals surface area (Å²) >= 11 is 0. The lowest BCUT2D eigenvalue weighted by Gasteiger charge is -2.32. The van der Waals surface area contributed by atoms with Gasteiger partial charge in [-0.2, -0.15) is 0 Å². The van der Waals surface area contributed by atoms with Crippen molar-refractivity contribution < 1.29 is 24.6 Å². The quantitative estimate of drug-likeness (QED) is 0.528. The van der Waals surface area contributed by atoms with Crippen molar-refractivity contribution in [2.45, 2.75) is 6.04 Å². The maximum atomic E-state index is 11.6. The van der Waals surface area contributed by atoms with E-state index in [0.29, 0.717) is 13.1 Å². The summed E-state index contributed by atoms with van der Waals surface area (Å²) in [5.41, 5.74) is 0. The van der Waals surface area contributed by atoms with E-state index in [2.05, 4.69) is 5.32 Å². The van der Waals surface area contributed by atoms with Gasteiger partial charge in [-0.05, 0) is 0 Å². The molecular formula is C9H15N3O5. The monoisotopic (exact) mass is 245 g/mol. The lowest BCUT2D eigenvalue weighted by Crippen LogP contribution is -2.56. The molecule has 1 aliphatic rings. The number of hydrogen-bond acceptors (Lipinski definition) is 4. The highest BCUT2D eigenvalue weighted by atomic mass is 16.4. The second-order valence-corrected chi connectivity index (χ2v) is 3.76. The average Bonchev–Trinajstić information content (AvgIpc) is 2.28. The van der Waals surface area contributed by atoms with Crippen LogP contribution >= 0.6 is 0 Å². The molecule has 96 valence electrons. The molecule has 17 heavy (non-hydrogen) atoms. The Morgan fingerprint density at radius 1 is 1.47 bits per heavy atom. The van der Waals surface area contributed by atoms with Crippen molar-refractivity contribution >= 4 is 17.9 Å². The SMILES string of the molecule is CN1CCN(C(=O)N[C@H](CO)C(=O)O)CC1=O. The molecule has 0 aromatic rings. The van der Waals surface area contributed by atoms with Crippen LogP contribution in [-0.2, 0) is 9.59 Å². The van der Waals surface area contributed by atoms with Crippen molar-refractivity contribution in [1.82, 2.24) is 15.1 Å². The van der Waals surface area contributed by atoms with Crippen LogP contribution in [0, 0.1) is 0 Å². The Hall–Kier alpha value is -1.83. The number of hydrogen-bond donors (Lipinski definition) is 3. The van der Waals surface area contributed by atoms with Gasteiger partial charge in [-0.3, -0.25) is 4.79 Å². The molecule has 0 spiro atoms. The second kappa shape index (κ2) is 5.48. The van der Waals surface area contributed by atoms with Gasteiger partial charge >= 0.3 is 12.0 Å². The number of aliphatic carboxylic acids is 1. The number of nitrogens with zero attached hydrogens (tertiary/aromatic N) is 2. The van der Waals surface area contributed by atoms with Gasteiger partial charge < -0.3 is 25.3 Å². The normalized spacial score (nSPS) is 17.9. The minimum atomic E-state index is -1.35. The second-order valence-electron chi connectivity index (χ2n) is 3.76.